The van der Waals surface area contributed by atoms with Crippen LogP contribution in [0.3, 0.4) is 0 Å². The Balaban J connectivity index is 1.80. The lowest BCUT2D eigenvalue weighted by molar-refractivity contribution is -0.119. The highest BCUT2D eigenvalue weighted by atomic mass is 19.1. The van der Waals surface area contributed by atoms with Gasteiger partial charge in [0.2, 0.25) is 0 Å². The summed E-state index contributed by atoms with van der Waals surface area (Å²) in [5, 5.41) is 6.78. The molecule has 2 N–H and O–H groups in total. The highest BCUT2D eigenvalue weighted by Crippen LogP contribution is 2.07. The molecule has 5 heteroatoms. The highest BCUT2D eigenvalue weighted by Gasteiger charge is 2.00. The Morgan fingerprint density at radius 1 is 1.19 bits per heavy atom. The maximum Gasteiger partial charge on any atom is 0.259 e. The summed E-state index contributed by atoms with van der Waals surface area (Å²) >= 11 is 0. The van der Waals surface area contributed by atoms with Crippen molar-refractivity contribution >= 4 is 17.8 Å². The van der Waals surface area contributed by atoms with Gasteiger partial charge in [-0.05, 0) is 42.3 Å². The predicted octanol–water partition coefficient (Wildman–Crippen LogP) is 2.70. The van der Waals surface area contributed by atoms with E-state index in [0.29, 0.717) is 5.69 Å². The summed E-state index contributed by atoms with van der Waals surface area (Å²) in [7, 11) is 0. The van der Waals surface area contributed by atoms with Crippen molar-refractivity contribution in [2.24, 2.45) is 5.10 Å². The molecule has 0 heterocycles. The molecule has 2 aromatic carbocycles. The van der Waals surface area contributed by atoms with Crippen LogP contribution in [-0.2, 0) is 4.79 Å². The van der Waals surface area contributed by atoms with Gasteiger partial charge in [-0.2, -0.15) is 5.10 Å². The number of nitrogens with one attached hydrogen (secondary N) is 2. The lowest BCUT2D eigenvalue weighted by Crippen LogP contribution is -2.25. The van der Waals surface area contributed by atoms with E-state index < -0.39 is 0 Å². The number of carbonyl (C=O) groups excluding carboxylic acids is 1. The summed E-state index contributed by atoms with van der Waals surface area (Å²) in [4.78, 5) is 11.6. The number of carbonyl (C=O) groups is 1. The van der Waals surface area contributed by atoms with Crippen LogP contribution in [0.4, 0.5) is 10.1 Å². The molecule has 0 bridgehead atoms. The van der Waals surface area contributed by atoms with E-state index in [1.54, 1.807) is 18.3 Å². The maximum absolute atomic E-state index is 12.7. The maximum atomic E-state index is 12.7. The molecule has 2 aromatic rings. The zero-order valence-electron chi connectivity index (χ0n) is 11.6. The fourth-order valence-corrected chi connectivity index (χ4v) is 1.70. The largest absolute Gasteiger partial charge is 0.376 e. The van der Waals surface area contributed by atoms with Crippen molar-refractivity contribution in [1.29, 1.82) is 0 Å². The topological polar surface area (TPSA) is 53.5 Å². The molecule has 0 aliphatic carbocycles. The van der Waals surface area contributed by atoms with Crippen molar-refractivity contribution in [3.63, 3.8) is 0 Å². The van der Waals surface area contributed by atoms with Crippen molar-refractivity contribution in [2.45, 2.75) is 6.92 Å². The number of amides is 1. The van der Waals surface area contributed by atoms with E-state index in [0.717, 1.165) is 11.1 Å². The standard InChI is InChI=1S/C16H16FN3O/c1-12-4-2-3-5-13(12)10-19-20-16(21)11-18-15-8-6-14(17)7-9-15/h2-10,18H,11H2,1H3,(H,20,21)/b19-10-. The van der Waals surface area contributed by atoms with Gasteiger partial charge in [-0.3, -0.25) is 4.79 Å². The first-order valence-corrected chi connectivity index (χ1v) is 6.52. The van der Waals surface area contributed by atoms with E-state index in [1.807, 2.05) is 31.2 Å². The van der Waals surface area contributed by atoms with Crippen LogP contribution in [0.25, 0.3) is 0 Å². The molecule has 0 fully saturated rings. The quantitative estimate of drug-likeness (QED) is 0.655. The number of halogens is 1. The second-order valence-electron chi connectivity index (χ2n) is 4.51. The van der Waals surface area contributed by atoms with Gasteiger partial charge < -0.3 is 5.32 Å². The van der Waals surface area contributed by atoms with Crippen molar-refractivity contribution < 1.29 is 9.18 Å². The number of anilines is 1. The highest BCUT2D eigenvalue weighted by molar-refractivity contribution is 5.85. The minimum Gasteiger partial charge on any atom is -0.376 e. The molecule has 0 radical (unpaired) electrons. The molecular formula is C16H16FN3O. The molecule has 0 saturated heterocycles. The smallest absolute Gasteiger partial charge is 0.259 e. The van der Waals surface area contributed by atoms with Crippen LogP contribution in [0.2, 0.25) is 0 Å². The summed E-state index contributed by atoms with van der Waals surface area (Å²) in [6.07, 6.45) is 1.60. The summed E-state index contributed by atoms with van der Waals surface area (Å²) in [5.74, 6) is -0.586. The van der Waals surface area contributed by atoms with Gasteiger partial charge in [-0.15, -0.1) is 0 Å². The Labute approximate surface area is 122 Å². The van der Waals surface area contributed by atoms with Crippen LogP contribution in [0.1, 0.15) is 11.1 Å². The second-order valence-corrected chi connectivity index (χ2v) is 4.51. The number of hydrogen-bond donors (Lipinski definition) is 2. The first kappa shape index (κ1) is 14.7. The molecule has 0 unspecified atom stereocenters. The van der Waals surface area contributed by atoms with Crippen LogP contribution in [0.15, 0.2) is 53.6 Å². The molecule has 21 heavy (non-hydrogen) atoms. The number of hydrogen-bond acceptors (Lipinski definition) is 3. The number of rotatable bonds is 5. The molecule has 0 aromatic heterocycles. The lowest BCUT2D eigenvalue weighted by atomic mass is 10.1. The second kappa shape index (κ2) is 7.19. The molecule has 1 amide bonds. The predicted molar refractivity (Wildman–Crippen MR) is 81.8 cm³/mol. The summed E-state index contributed by atoms with van der Waals surface area (Å²) in [6, 6.07) is 13.5. The third kappa shape index (κ3) is 4.72. The van der Waals surface area contributed by atoms with E-state index in [2.05, 4.69) is 15.8 Å². The van der Waals surface area contributed by atoms with Crippen LogP contribution >= 0.6 is 0 Å². The molecule has 0 spiro atoms. The fourth-order valence-electron chi connectivity index (χ4n) is 1.70. The molecule has 2 rings (SSSR count). The molecule has 0 aliphatic heterocycles. The number of aryl methyl sites for hydroxylation is 1. The summed E-state index contributed by atoms with van der Waals surface area (Å²) in [5.41, 5.74) is 5.14. The summed E-state index contributed by atoms with van der Waals surface area (Å²) in [6.45, 7) is 2.04. The van der Waals surface area contributed by atoms with Crippen LogP contribution < -0.4 is 10.7 Å². The minimum atomic E-state index is -0.312. The monoisotopic (exact) mass is 285 g/mol. The van der Waals surface area contributed by atoms with E-state index in [1.165, 1.54) is 12.1 Å². The van der Waals surface area contributed by atoms with Gasteiger partial charge in [0.15, 0.2) is 0 Å². The Morgan fingerprint density at radius 3 is 2.62 bits per heavy atom. The van der Waals surface area contributed by atoms with E-state index >= 15 is 0 Å². The molecule has 108 valence electrons. The van der Waals surface area contributed by atoms with Crippen molar-refractivity contribution in [3.8, 4) is 0 Å². The normalized spacial score (nSPS) is 10.6. The fraction of sp³-hybridized carbons (Fsp3) is 0.125. The van der Waals surface area contributed by atoms with Crippen molar-refractivity contribution in [1.82, 2.24) is 5.43 Å². The zero-order chi connectivity index (χ0) is 15.1. The van der Waals surface area contributed by atoms with Gasteiger partial charge in [0.1, 0.15) is 5.82 Å². The Morgan fingerprint density at radius 2 is 1.90 bits per heavy atom. The first-order chi connectivity index (χ1) is 10.1. The SMILES string of the molecule is Cc1ccccc1/C=N\NC(=O)CNc1ccc(F)cc1. The Bertz CT molecular complexity index is 638. The molecular weight excluding hydrogens is 269 g/mol. The van der Waals surface area contributed by atoms with Gasteiger partial charge in [-0.1, -0.05) is 24.3 Å². The molecule has 4 nitrogen and oxygen atoms in total. The van der Waals surface area contributed by atoms with Gasteiger partial charge in [0.25, 0.3) is 5.91 Å². The van der Waals surface area contributed by atoms with E-state index in [4.69, 9.17) is 0 Å². The Hall–Kier alpha value is -2.69. The van der Waals surface area contributed by atoms with Crippen LogP contribution in [0, 0.1) is 12.7 Å². The lowest BCUT2D eigenvalue weighted by Gasteiger charge is -2.05. The van der Waals surface area contributed by atoms with Gasteiger partial charge in [0, 0.05) is 5.69 Å². The minimum absolute atomic E-state index is 0.0662. The van der Waals surface area contributed by atoms with Gasteiger partial charge >= 0.3 is 0 Å². The van der Waals surface area contributed by atoms with Gasteiger partial charge in [-0.25, -0.2) is 9.82 Å². The average molecular weight is 285 g/mol. The molecule has 0 atom stereocenters. The van der Waals surface area contributed by atoms with Crippen LogP contribution in [-0.4, -0.2) is 18.7 Å². The van der Waals surface area contributed by atoms with Crippen molar-refractivity contribution in [3.05, 3.63) is 65.5 Å². The summed E-state index contributed by atoms with van der Waals surface area (Å²) < 4.78 is 12.7. The number of benzene rings is 2. The van der Waals surface area contributed by atoms with Crippen molar-refractivity contribution in [2.75, 3.05) is 11.9 Å². The van der Waals surface area contributed by atoms with Crippen LogP contribution in [0.5, 0.6) is 0 Å². The first-order valence-electron chi connectivity index (χ1n) is 6.52. The Kier molecular flexibility index (Phi) is 5.04. The zero-order valence-corrected chi connectivity index (χ0v) is 11.6. The average Bonchev–Trinajstić information content (AvgIpc) is 2.49. The van der Waals surface area contributed by atoms with E-state index in [9.17, 15) is 9.18 Å². The van der Waals surface area contributed by atoms with Gasteiger partial charge in [0.05, 0.1) is 12.8 Å². The molecule has 0 saturated carbocycles. The number of nitrogens with zero attached hydrogens (tertiary/aromatic N) is 1. The van der Waals surface area contributed by atoms with E-state index in [-0.39, 0.29) is 18.3 Å². The number of hydrazone groups is 1. The third-order valence-corrected chi connectivity index (χ3v) is 2.88. The molecule has 0 aliphatic rings. The third-order valence-electron chi connectivity index (χ3n) is 2.88.